The van der Waals surface area contributed by atoms with Gasteiger partial charge in [-0.2, -0.15) is 0 Å². The van der Waals surface area contributed by atoms with Gasteiger partial charge in [-0.3, -0.25) is 4.79 Å². The van der Waals surface area contributed by atoms with E-state index in [-0.39, 0.29) is 5.91 Å². The van der Waals surface area contributed by atoms with Gasteiger partial charge in [0, 0.05) is 23.1 Å². The van der Waals surface area contributed by atoms with Crippen LogP contribution in [0.5, 0.6) is 5.75 Å². The zero-order valence-electron chi connectivity index (χ0n) is 10.9. The number of benzene rings is 1. The van der Waals surface area contributed by atoms with Gasteiger partial charge in [-0.25, -0.2) is 0 Å². The number of methoxy groups -OCH3 is 1. The van der Waals surface area contributed by atoms with E-state index in [2.05, 4.69) is 21.2 Å². The molecule has 0 aliphatic carbocycles. The Morgan fingerprint density at radius 2 is 2.15 bits per heavy atom. The van der Waals surface area contributed by atoms with Crippen LogP contribution < -0.4 is 10.1 Å². The Kier molecular flexibility index (Phi) is 5.38. The number of para-hydroxylation sites is 1. The summed E-state index contributed by atoms with van der Waals surface area (Å²) >= 11 is 4.97. The van der Waals surface area contributed by atoms with Crippen molar-refractivity contribution in [2.75, 3.05) is 7.11 Å². The molecule has 2 rings (SSSR count). The molecule has 0 unspecified atom stereocenters. The molecule has 0 bridgehead atoms. The Hall–Kier alpha value is -1.59. The molecule has 0 radical (unpaired) electrons. The third-order valence-electron chi connectivity index (χ3n) is 2.64. The van der Waals surface area contributed by atoms with E-state index in [9.17, 15) is 4.79 Å². The van der Waals surface area contributed by atoms with Crippen molar-refractivity contribution in [2.24, 2.45) is 0 Å². The van der Waals surface area contributed by atoms with Crippen LogP contribution in [0, 0.1) is 0 Å². The number of carbonyl (C=O) groups excluding carboxylic acids is 1. The fourth-order valence-corrected chi connectivity index (χ4v) is 2.99. The van der Waals surface area contributed by atoms with Gasteiger partial charge in [0.1, 0.15) is 5.75 Å². The summed E-state index contributed by atoms with van der Waals surface area (Å²) < 4.78 is 6.28. The average Bonchev–Trinajstić information content (AvgIpc) is 2.89. The smallest absolute Gasteiger partial charge is 0.244 e. The summed E-state index contributed by atoms with van der Waals surface area (Å²) in [6, 6.07) is 11.5. The number of rotatable bonds is 5. The minimum absolute atomic E-state index is 0.125. The maximum Gasteiger partial charge on any atom is 0.244 e. The highest BCUT2D eigenvalue weighted by molar-refractivity contribution is 9.11. The van der Waals surface area contributed by atoms with Crippen LogP contribution in [0.4, 0.5) is 0 Å². The van der Waals surface area contributed by atoms with Crippen LogP contribution in [0.1, 0.15) is 10.4 Å². The summed E-state index contributed by atoms with van der Waals surface area (Å²) in [6.07, 6.45) is 3.33. The zero-order valence-corrected chi connectivity index (χ0v) is 13.3. The summed E-state index contributed by atoms with van der Waals surface area (Å²) in [6.45, 7) is 0.446. The van der Waals surface area contributed by atoms with Gasteiger partial charge < -0.3 is 10.1 Å². The molecule has 0 saturated heterocycles. The molecule has 1 N–H and O–H groups in total. The van der Waals surface area contributed by atoms with Crippen molar-refractivity contribution in [2.45, 2.75) is 6.54 Å². The van der Waals surface area contributed by atoms with E-state index in [1.54, 1.807) is 24.5 Å². The van der Waals surface area contributed by atoms with Crippen molar-refractivity contribution in [1.29, 1.82) is 0 Å². The molecule has 0 spiro atoms. The van der Waals surface area contributed by atoms with Crippen molar-refractivity contribution in [1.82, 2.24) is 5.32 Å². The standard InChI is InChI=1S/C15H14BrNO2S/c1-19-13-5-3-2-4-11(13)10-17-15(18)9-7-12-6-8-14(16)20-12/h2-9H,10H2,1H3,(H,17,18)/b9-7+. The second kappa shape index (κ2) is 7.26. The minimum atomic E-state index is -0.125. The van der Waals surface area contributed by atoms with Crippen LogP contribution in [-0.4, -0.2) is 13.0 Å². The van der Waals surface area contributed by atoms with Crippen molar-refractivity contribution in [3.8, 4) is 5.75 Å². The topological polar surface area (TPSA) is 38.3 Å². The summed E-state index contributed by atoms with van der Waals surface area (Å²) in [5, 5.41) is 2.84. The van der Waals surface area contributed by atoms with Crippen LogP contribution in [0.3, 0.4) is 0 Å². The first-order valence-electron chi connectivity index (χ1n) is 6.02. The number of nitrogens with one attached hydrogen (secondary N) is 1. The second-order valence-corrected chi connectivity index (χ2v) is 6.50. The molecule has 1 aromatic carbocycles. The summed E-state index contributed by atoms with van der Waals surface area (Å²) in [5.41, 5.74) is 0.954. The van der Waals surface area contributed by atoms with Crippen molar-refractivity contribution >= 4 is 39.2 Å². The SMILES string of the molecule is COc1ccccc1CNC(=O)/C=C/c1ccc(Br)s1. The molecule has 5 heteroatoms. The molecule has 0 aliphatic rings. The van der Waals surface area contributed by atoms with Gasteiger partial charge in [0.15, 0.2) is 0 Å². The first-order chi connectivity index (χ1) is 9.69. The maximum absolute atomic E-state index is 11.8. The molecule has 0 saturated carbocycles. The van der Waals surface area contributed by atoms with Crippen LogP contribution in [0.2, 0.25) is 0 Å². The van der Waals surface area contributed by atoms with E-state index in [1.807, 2.05) is 36.4 Å². The molecule has 104 valence electrons. The van der Waals surface area contributed by atoms with Gasteiger partial charge in [-0.05, 0) is 40.2 Å². The summed E-state index contributed by atoms with van der Waals surface area (Å²) in [4.78, 5) is 12.8. The largest absolute Gasteiger partial charge is 0.496 e. The fraction of sp³-hybridized carbons (Fsp3) is 0.133. The quantitative estimate of drug-likeness (QED) is 0.830. The van der Waals surface area contributed by atoms with Crippen LogP contribution >= 0.6 is 27.3 Å². The van der Waals surface area contributed by atoms with E-state index in [4.69, 9.17) is 4.74 Å². The number of amides is 1. The average molecular weight is 352 g/mol. The molecular weight excluding hydrogens is 338 g/mol. The van der Waals surface area contributed by atoms with Gasteiger partial charge >= 0.3 is 0 Å². The van der Waals surface area contributed by atoms with Crippen molar-refractivity contribution < 1.29 is 9.53 Å². The third kappa shape index (κ3) is 4.21. The van der Waals surface area contributed by atoms with Crippen LogP contribution in [-0.2, 0) is 11.3 Å². The minimum Gasteiger partial charge on any atom is -0.496 e. The summed E-state index contributed by atoms with van der Waals surface area (Å²) in [7, 11) is 1.62. The van der Waals surface area contributed by atoms with Gasteiger partial charge in [0.25, 0.3) is 0 Å². The molecule has 0 aliphatic heterocycles. The molecule has 0 atom stereocenters. The first-order valence-corrected chi connectivity index (χ1v) is 7.63. The maximum atomic E-state index is 11.8. The van der Waals surface area contributed by atoms with Crippen LogP contribution in [0.15, 0.2) is 46.3 Å². The van der Waals surface area contributed by atoms with Gasteiger partial charge in [-0.15, -0.1) is 11.3 Å². The number of thiophene rings is 1. The third-order valence-corrected chi connectivity index (χ3v) is 4.23. The number of halogens is 1. The monoisotopic (exact) mass is 351 g/mol. The summed E-state index contributed by atoms with van der Waals surface area (Å²) in [5.74, 6) is 0.652. The van der Waals surface area contributed by atoms with E-state index < -0.39 is 0 Å². The lowest BCUT2D eigenvalue weighted by Gasteiger charge is -2.08. The van der Waals surface area contributed by atoms with Crippen molar-refractivity contribution in [3.05, 3.63) is 56.7 Å². The fourth-order valence-electron chi connectivity index (χ4n) is 1.67. The van der Waals surface area contributed by atoms with E-state index >= 15 is 0 Å². The highest BCUT2D eigenvalue weighted by Gasteiger charge is 2.02. The Morgan fingerprint density at radius 3 is 2.85 bits per heavy atom. The van der Waals surface area contributed by atoms with E-state index in [1.165, 1.54) is 6.08 Å². The molecule has 1 aromatic heterocycles. The zero-order chi connectivity index (χ0) is 14.4. The lowest BCUT2D eigenvalue weighted by atomic mass is 10.2. The van der Waals surface area contributed by atoms with Crippen LogP contribution in [0.25, 0.3) is 6.08 Å². The lowest BCUT2D eigenvalue weighted by molar-refractivity contribution is -0.116. The molecule has 3 nitrogen and oxygen atoms in total. The molecule has 20 heavy (non-hydrogen) atoms. The predicted molar refractivity (Wildman–Crippen MR) is 85.9 cm³/mol. The Morgan fingerprint density at radius 1 is 1.35 bits per heavy atom. The highest BCUT2D eigenvalue weighted by atomic mass is 79.9. The molecule has 0 fully saturated rings. The first kappa shape index (κ1) is 14.8. The Bertz CT molecular complexity index is 622. The van der Waals surface area contributed by atoms with Gasteiger partial charge in [0.2, 0.25) is 5.91 Å². The van der Waals surface area contributed by atoms with Crippen molar-refractivity contribution in [3.63, 3.8) is 0 Å². The molecule has 1 heterocycles. The second-order valence-electron chi connectivity index (χ2n) is 4.00. The Labute approximate surface area is 130 Å². The van der Waals surface area contributed by atoms with E-state index in [0.717, 1.165) is 20.0 Å². The number of carbonyl (C=O) groups is 1. The normalized spacial score (nSPS) is 10.7. The molecule has 2 aromatic rings. The number of ether oxygens (including phenoxy) is 1. The predicted octanol–water partition coefficient (Wildman–Crippen LogP) is 3.85. The van der Waals surface area contributed by atoms with E-state index in [0.29, 0.717) is 6.54 Å². The van der Waals surface area contributed by atoms with Gasteiger partial charge in [0.05, 0.1) is 10.9 Å². The lowest BCUT2D eigenvalue weighted by Crippen LogP contribution is -2.20. The Balaban J connectivity index is 1.90. The molecular formula is C15H14BrNO2S. The number of hydrogen-bond donors (Lipinski definition) is 1. The highest BCUT2D eigenvalue weighted by Crippen LogP contribution is 2.23. The number of hydrogen-bond acceptors (Lipinski definition) is 3. The van der Waals surface area contributed by atoms with Gasteiger partial charge in [-0.1, -0.05) is 18.2 Å². The molecule has 1 amide bonds.